The van der Waals surface area contributed by atoms with Crippen LogP contribution >= 0.6 is 0 Å². The minimum absolute atomic E-state index is 0.0201. The lowest BCUT2D eigenvalue weighted by atomic mass is 9.96. The zero-order valence-corrected chi connectivity index (χ0v) is 16.0. The average molecular weight is 380 g/mol. The van der Waals surface area contributed by atoms with Gasteiger partial charge in [0.15, 0.2) is 11.2 Å². The van der Waals surface area contributed by atoms with Gasteiger partial charge in [0.1, 0.15) is 5.82 Å². The molecule has 2 aromatic heterocycles. The van der Waals surface area contributed by atoms with Gasteiger partial charge in [-0.1, -0.05) is 42.5 Å². The SMILES string of the molecule is CCCC(=O)N1CCCC(c2nc3c(nnn3Cc3ccccc3)c(=O)[nH]2)C1. The van der Waals surface area contributed by atoms with Crippen LogP contribution in [0.1, 0.15) is 49.9 Å². The number of H-pyrrole nitrogens is 1. The third-order valence-electron chi connectivity index (χ3n) is 5.19. The number of hydrogen-bond acceptors (Lipinski definition) is 5. The number of carbonyl (C=O) groups excluding carboxylic acids is 1. The number of nitrogens with zero attached hydrogens (tertiary/aromatic N) is 5. The second kappa shape index (κ2) is 7.92. The van der Waals surface area contributed by atoms with Gasteiger partial charge in [0.05, 0.1) is 6.54 Å². The fourth-order valence-electron chi connectivity index (χ4n) is 3.74. The first-order valence-corrected chi connectivity index (χ1v) is 9.81. The molecule has 1 aromatic carbocycles. The maximum absolute atomic E-state index is 12.5. The van der Waals surface area contributed by atoms with Gasteiger partial charge in [-0.25, -0.2) is 9.67 Å². The van der Waals surface area contributed by atoms with Crippen LogP contribution in [0.5, 0.6) is 0 Å². The number of aromatic nitrogens is 5. The first-order valence-electron chi connectivity index (χ1n) is 9.81. The normalized spacial score (nSPS) is 17.2. The summed E-state index contributed by atoms with van der Waals surface area (Å²) in [4.78, 5) is 34.3. The molecule has 0 aliphatic carbocycles. The van der Waals surface area contributed by atoms with E-state index in [4.69, 9.17) is 4.98 Å². The van der Waals surface area contributed by atoms with Crippen LogP contribution in [0, 0.1) is 0 Å². The average Bonchev–Trinajstić information content (AvgIpc) is 3.12. The van der Waals surface area contributed by atoms with Crippen LogP contribution in [0.15, 0.2) is 35.1 Å². The molecular weight excluding hydrogens is 356 g/mol. The lowest BCUT2D eigenvalue weighted by Gasteiger charge is -2.32. The largest absolute Gasteiger partial charge is 0.342 e. The number of hydrogen-bond donors (Lipinski definition) is 1. The second-order valence-corrected chi connectivity index (χ2v) is 7.28. The Labute approximate surface area is 162 Å². The van der Waals surface area contributed by atoms with Gasteiger partial charge in [-0.2, -0.15) is 0 Å². The molecule has 3 heterocycles. The van der Waals surface area contributed by atoms with Gasteiger partial charge in [-0.3, -0.25) is 9.59 Å². The lowest BCUT2D eigenvalue weighted by Crippen LogP contribution is -2.39. The number of benzene rings is 1. The van der Waals surface area contributed by atoms with Crippen molar-refractivity contribution in [2.75, 3.05) is 13.1 Å². The summed E-state index contributed by atoms with van der Waals surface area (Å²) in [6.07, 6.45) is 3.20. The molecule has 1 unspecified atom stereocenters. The Morgan fingerprint density at radius 3 is 2.89 bits per heavy atom. The Morgan fingerprint density at radius 1 is 1.29 bits per heavy atom. The summed E-state index contributed by atoms with van der Waals surface area (Å²) in [6, 6.07) is 9.88. The van der Waals surface area contributed by atoms with E-state index in [0.717, 1.165) is 31.4 Å². The van der Waals surface area contributed by atoms with E-state index in [1.807, 2.05) is 42.2 Å². The van der Waals surface area contributed by atoms with Crippen molar-refractivity contribution in [1.29, 1.82) is 0 Å². The summed E-state index contributed by atoms with van der Waals surface area (Å²) in [6.45, 7) is 3.87. The highest BCUT2D eigenvalue weighted by atomic mass is 16.2. The third-order valence-corrected chi connectivity index (χ3v) is 5.19. The molecule has 1 atom stereocenters. The summed E-state index contributed by atoms with van der Waals surface area (Å²) in [5.74, 6) is 0.807. The van der Waals surface area contributed by atoms with Crippen molar-refractivity contribution in [3.63, 3.8) is 0 Å². The molecule has 0 bridgehead atoms. The molecular formula is C20H24N6O2. The van der Waals surface area contributed by atoms with Gasteiger partial charge in [-0.15, -0.1) is 5.10 Å². The molecule has 4 rings (SSSR count). The Bertz CT molecular complexity index is 1030. The highest BCUT2D eigenvalue weighted by Crippen LogP contribution is 2.25. The zero-order chi connectivity index (χ0) is 19.5. The molecule has 1 N–H and O–H groups in total. The van der Waals surface area contributed by atoms with E-state index in [1.165, 1.54) is 0 Å². The Kier molecular flexibility index (Phi) is 5.18. The van der Waals surface area contributed by atoms with Crippen LogP contribution in [0.4, 0.5) is 0 Å². The Balaban J connectivity index is 1.63. The minimum Gasteiger partial charge on any atom is -0.342 e. The molecule has 0 spiro atoms. The summed E-state index contributed by atoms with van der Waals surface area (Å²) in [5.41, 5.74) is 1.51. The van der Waals surface area contributed by atoms with Crippen molar-refractivity contribution in [2.45, 2.75) is 45.1 Å². The van der Waals surface area contributed by atoms with Gasteiger partial charge in [0.2, 0.25) is 5.91 Å². The predicted octanol–water partition coefficient (Wildman–Crippen LogP) is 2.07. The molecule has 0 saturated carbocycles. The van der Waals surface area contributed by atoms with Gasteiger partial charge >= 0.3 is 0 Å². The van der Waals surface area contributed by atoms with Crippen LogP contribution < -0.4 is 5.56 Å². The van der Waals surface area contributed by atoms with Gasteiger partial charge in [0.25, 0.3) is 5.56 Å². The highest BCUT2D eigenvalue weighted by Gasteiger charge is 2.27. The van der Waals surface area contributed by atoms with Crippen molar-refractivity contribution in [2.24, 2.45) is 0 Å². The molecule has 0 radical (unpaired) electrons. The zero-order valence-electron chi connectivity index (χ0n) is 16.0. The topological polar surface area (TPSA) is 96.8 Å². The summed E-state index contributed by atoms with van der Waals surface area (Å²) < 4.78 is 1.66. The number of rotatable bonds is 5. The van der Waals surface area contributed by atoms with Gasteiger partial charge in [0, 0.05) is 25.4 Å². The van der Waals surface area contributed by atoms with Crippen LogP contribution in [0.2, 0.25) is 0 Å². The van der Waals surface area contributed by atoms with Crippen molar-refractivity contribution < 1.29 is 4.79 Å². The quantitative estimate of drug-likeness (QED) is 0.731. The summed E-state index contributed by atoms with van der Waals surface area (Å²) in [7, 11) is 0. The third kappa shape index (κ3) is 3.67. The van der Waals surface area contributed by atoms with Gasteiger partial charge in [-0.05, 0) is 24.8 Å². The highest BCUT2D eigenvalue weighted by molar-refractivity contribution is 5.76. The molecule has 1 amide bonds. The van der Waals surface area contributed by atoms with E-state index in [-0.39, 0.29) is 22.9 Å². The van der Waals surface area contributed by atoms with Crippen LogP contribution in [0.25, 0.3) is 11.2 Å². The smallest absolute Gasteiger partial charge is 0.281 e. The van der Waals surface area contributed by atoms with E-state index in [1.54, 1.807) is 4.68 Å². The number of nitrogens with one attached hydrogen (secondary N) is 1. The fourth-order valence-corrected chi connectivity index (χ4v) is 3.74. The maximum atomic E-state index is 12.5. The summed E-state index contributed by atoms with van der Waals surface area (Å²) in [5, 5.41) is 8.14. The van der Waals surface area contributed by atoms with Gasteiger partial charge < -0.3 is 9.88 Å². The number of carbonyl (C=O) groups is 1. The van der Waals surface area contributed by atoms with Crippen molar-refractivity contribution in [3.05, 3.63) is 52.1 Å². The van der Waals surface area contributed by atoms with E-state index >= 15 is 0 Å². The minimum atomic E-state index is -0.281. The standard InChI is InChI=1S/C20H24N6O2/c1-2-7-16(27)25-11-6-10-15(13-25)18-21-19-17(20(28)22-18)23-24-26(19)12-14-8-4-3-5-9-14/h3-5,8-9,15H,2,6-7,10-13H2,1H3,(H,21,22,28). The van der Waals surface area contributed by atoms with E-state index in [2.05, 4.69) is 15.3 Å². The first-order chi connectivity index (χ1) is 13.7. The van der Waals surface area contributed by atoms with E-state index in [0.29, 0.717) is 31.0 Å². The molecule has 1 aliphatic heterocycles. The number of likely N-dealkylation sites (tertiary alicyclic amines) is 1. The van der Waals surface area contributed by atoms with E-state index in [9.17, 15) is 9.59 Å². The first kappa shape index (κ1) is 18.3. The number of aromatic amines is 1. The monoisotopic (exact) mass is 380 g/mol. The molecule has 3 aromatic rings. The maximum Gasteiger partial charge on any atom is 0.281 e. The summed E-state index contributed by atoms with van der Waals surface area (Å²) >= 11 is 0. The van der Waals surface area contributed by atoms with E-state index < -0.39 is 0 Å². The number of piperidine rings is 1. The molecule has 146 valence electrons. The molecule has 1 fully saturated rings. The molecule has 1 aliphatic rings. The van der Waals surface area contributed by atoms with Crippen LogP contribution in [-0.2, 0) is 11.3 Å². The second-order valence-electron chi connectivity index (χ2n) is 7.28. The number of amides is 1. The van der Waals surface area contributed by atoms with Crippen molar-refractivity contribution in [1.82, 2.24) is 29.9 Å². The lowest BCUT2D eigenvalue weighted by molar-refractivity contribution is -0.132. The predicted molar refractivity (Wildman–Crippen MR) is 105 cm³/mol. The molecule has 28 heavy (non-hydrogen) atoms. The molecule has 1 saturated heterocycles. The number of fused-ring (bicyclic) bond motifs is 1. The van der Waals surface area contributed by atoms with Crippen LogP contribution in [-0.4, -0.2) is 48.9 Å². The Hall–Kier alpha value is -3.03. The fraction of sp³-hybridized carbons (Fsp3) is 0.450. The molecule has 8 heteroatoms. The van der Waals surface area contributed by atoms with Crippen molar-refractivity contribution in [3.8, 4) is 0 Å². The Morgan fingerprint density at radius 2 is 2.11 bits per heavy atom. The molecule has 8 nitrogen and oxygen atoms in total. The van der Waals surface area contributed by atoms with Crippen LogP contribution in [0.3, 0.4) is 0 Å². The van der Waals surface area contributed by atoms with Crippen molar-refractivity contribution >= 4 is 17.1 Å².